The van der Waals surface area contributed by atoms with E-state index >= 15 is 0 Å². The van der Waals surface area contributed by atoms with E-state index in [1.807, 2.05) is 37.1 Å². The Morgan fingerprint density at radius 3 is 2.89 bits per heavy atom. The third kappa shape index (κ3) is 4.17. The molecule has 0 fully saturated rings. The van der Waals surface area contributed by atoms with E-state index in [2.05, 4.69) is 40.6 Å². The third-order valence-electron chi connectivity index (χ3n) is 2.63. The number of aryl methyl sites for hydroxylation is 1. The van der Waals surface area contributed by atoms with Crippen LogP contribution in [0.15, 0.2) is 53.6 Å². The van der Waals surface area contributed by atoms with Crippen LogP contribution in [0.2, 0.25) is 0 Å². The Bertz CT molecular complexity index is 471. The quantitative estimate of drug-likeness (QED) is 0.806. The fourth-order valence-corrected chi connectivity index (χ4v) is 2.73. The van der Waals surface area contributed by atoms with Crippen LogP contribution in [-0.4, -0.2) is 17.8 Å². The molecule has 0 unspecified atom stereocenters. The second kappa shape index (κ2) is 7.19. The number of hydrogen-bond donors (Lipinski definition) is 1. The van der Waals surface area contributed by atoms with Crippen molar-refractivity contribution in [3.8, 4) is 0 Å². The summed E-state index contributed by atoms with van der Waals surface area (Å²) in [6, 6.07) is 14.8. The first kappa shape index (κ1) is 13.1. The molecule has 3 heteroatoms. The van der Waals surface area contributed by atoms with E-state index in [4.69, 9.17) is 0 Å². The molecule has 0 aliphatic rings. The lowest BCUT2D eigenvalue weighted by molar-refractivity contribution is 0.815. The number of hydrogen-bond acceptors (Lipinski definition) is 3. The van der Waals surface area contributed by atoms with Crippen LogP contribution in [0.5, 0.6) is 0 Å². The molecule has 0 bridgehead atoms. The van der Waals surface area contributed by atoms with Crippen LogP contribution < -0.4 is 5.32 Å². The highest BCUT2D eigenvalue weighted by Gasteiger charge is 1.98. The normalized spacial score (nSPS) is 10.5. The summed E-state index contributed by atoms with van der Waals surface area (Å²) >= 11 is 1.89. The van der Waals surface area contributed by atoms with Gasteiger partial charge in [0.25, 0.3) is 0 Å². The van der Waals surface area contributed by atoms with E-state index in [-0.39, 0.29) is 0 Å². The van der Waals surface area contributed by atoms with Gasteiger partial charge in [0, 0.05) is 29.1 Å². The number of rotatable bonds is 6. The summed E-state index contributed by atoms with van der Waals surface area (Å²) in [6.45, 7) is 0.925. The molecule has 1 aromatic heterocycles. The van der Waals surface area contributed by atoms with Gasteiger partial charge in [0.2, 0.25) is 0 Å². The molecule has 1 N–H and O–H groups in total. The first-order chi connectivity index (χ1) is 8.88. The molecule has 18 heavy (non-hydrogen) atoms. The van der Waals surface area contributed by atoms with Gasteiger partial charge in [-0.05, 0) is 43.3 Å². The van der Waals surface area contributed by atoms with Gasteiger partial charge in [0.05, 0.1) is 0 Å². The second-order valence-electron chi connectivity index (χ2n) is 4.10. The number of nitrogens with one attached hydrogen (secondary N) is 1. The summed E-state index contributed by atoms with van der Waals surface area (Å²) < 4.78 is 0. The molecule has 2 rings (SSSR count). The van der Waals surface area contributed by atoms with Crippen molar-refractivity contribution in [2.45, 2.75) is 17.9 Å². The van der Waals surface area contributed by atoms with Crippen molar-refractivity contribution in [2.24, 2.45) is 0 Å². The topological polar surface area (TPSA) is 24.9 Å². The van der Waals surface area contributed by atoms with Gasteiger partial charge >= 0.3 is 0 Å². The number of pyridine rings is 1. The SMILES string of the molecule is CNCc1cccc(SCCc2ccccn2)c1. The summed E-state index contributed by atoms with van der Waals surface area (Å²) in [5, 5.41) is 3.17. The molecular formula is C15H18N2S. The van der Waals surface area contributed by atoms with E-state index < -0.39 is 0 Å². The highest BCUT2D eigenvalue weighted by Crippen LogP contribution is 2.20. The standard InChI is InChI=1S/C15H18N2S/c1-16-12-13-5-4-7-15(11-13)18-10-8-14-6-2-3-9-17-14/h2-7,9,11,16H,8,10,12H2,1H3. The predicted molar refractivity (Wildman–Crippen MR) is 77.9 cm³/mol. The van der Waals surface area contributed by atoms with Gasteiger partial charge in [0.15, 0.2) is 0 Å². The lowest BCUT2D eigenvalue weighted by Crippen LogP contribution is -2.04. The highest BCUT2D eigenvalue weighted by atomic mass is 32.2. The van der Waals surface area contributed by atoms with Gasteiger partial charge in [-0.2, -0.15) is 0 Å². The van der Waals surface area contributed by atoms with Gasteiger partial charge in [-0.25, -0.2) is 0 Å². The zero-order valence-corrected chi connectivity index (χ0v) is 11.4. The van der Waals surface area contributed by atoms with E-state index in [0.717, 1.165) is 24.4 Å². The van der Waals surface area contributed by atoms with Gasteiger partial charge < -0.3 is 5.32 Å². The fraction of sp³-hybridized carbons (Fsp3) is 0.267. The number of nitrogens with zero attached hydrogens (tertiary/aromatic N) is 1. The van der Waals surface area contributed by atoms with Crippen LogP contribution >= 0.6 is 11.8 Å². The maximum atomic E-state index is 4.33. The first-order valence-corrected chi connectivity index (χ1v) is 7.13. The van der Waals surface area contributed by atoms with E-state index in [1.165, 1.54) is 10.5 Å². The summed E-state index contributed by atoms with van der Waals surface area (Å²) in [5.74, 6) is 1.07. The van der Waals surface area contributed by atoms with E-state index in [9.17, 15) is 0 Å². The van der Waals surface area contributed by atoms with Gasteiger partial charge in [0.1, 0.15) is 0 Å². The molecule has 94 valence electrons. The maximum absolute atomic E-state index is 4.33. The summed E-state index contributed by atoms with van der Waals surface area (Å²) in [4.78, 5) is 5.67. The van der Waals surface area contributed by atoms with Crippen LogP contribution in [0.1, 0.15) is 11.3 Å². The molecule has 2 nitrogen and oxygen atoms in total. The molecule has 0 aliphatic carbocycles. The Morgan fingerprint density at radius 1 is 1.17 bits per heavy atom. The van der Waals surface area contributed by atoms with E-state index in [0.29, 0.717) is 0 Å². The molecule has 0 aliphatic heterocycles. The fourth-order valence-electron chi connectivity index (χ4n) is 1.77. The minimum absolute atomic E-state index is 0.925. The van der Waals surface area contributed by atoms with Gasteiger partial charge in [-0.3, -0.25) is 4.98 Å². The summed E-state index contributed by atoms with van der Waals surface area (Å²) in [5.41, 5.74) is 2.50. The minimum atomic E-state index is 0.925. The molecule has 0 atom stereocenters. The molecule has 0 saturated carbocycles. The lowest BCUT2D eigenvalue weighted by Gasteiger charge is -2.04. The molecule has 1 heterocycles. The average molecular weight is 258 g/mol. The summed E-state index contributed by atoms with van der Waals surface area (Å²) in [6.07, 6.45) is 2.87. The summed E-state index contributed by atoms with van der Waals surface area (Å²) in [7, 11) is 1.97. The second-order valence-corrected chi connectivity index (χ2v) is 5.27. The van der Waals surface area contributed by atoms with Gasteiger partial charge in [-0.15, -0.1) is 11.8 Å². The van der Waals surface area contributed by atoms with Crippen molar-refractivity contribution in [3.05, 3.63) is 59.9 Å². The Labute approximate surface area is 113 Å². The smallest absolute Gasteiger partial charge is 0.0411 e. The largest absolute Gasteiger partial charge is 0.316 e. The monoisotopic (exact) mass is 258 g/mol. The van der Waals surface area contributed by atoms with Crippen molar-refractivity contribution in [2.75, 3.05) is 12.8 Å². The zero-order valence-electron chi connectivity index (χ0n) is 10.6. The maximum Gasteiger partial charge on any atom is 0.0411 e. The average Bonchev–Trinajstić information content (AvgIpc) is 2.41. The van der Waals surface area contributed by atoms with Crippen LogP contribution in [-0.2, 0) is 13.0 Å². The van der Waals surface area contributed by atoms with Crippen LogP contribution in [0, 0.1) is 0 Å². The van der Waals surface area contributed by atoms with Crippen molar-refractivity contribution in [3.63, 3.8) is 0 Å². The number of thioether (sulfide) groups is 1. The molecule has 1 aromatic carbocycles. The van der Waals surface area contributed by atoms with Crippen LogP contribution in [0.3, 0.4) is 0 Å². The zero-order chi connectivity index (χ0) is 12.6. The predicted octanol–water partition coefficient (Wildman–Crippen LogP) is 3.14. The number of aromatic nitrogens is 1. The van der Waals surface area contributed by atoms with Crippen molar-refractivity contribution < 1.29 is 0 Å². The van der Waals surface area contributed by atoms with Crippen molar-refractivity contribution in [1.29, 1.82) is 0 Å². The third-order valence-corrected chi connectivity index (χ3v) is 3.63. The molecule has 2 aromatic rings. The minimum Gasteiger partial charge on any atom is -0.316 e. The van der Waals surface area contributed by atoms with Gasteiger partial charge in [-0.1, -0.05) is 18.2 Å². The Morgan fingerprint density at radius 2 is 2.11 bits per heavy atom. The Kier molecular flexibility index (Phi) is 5.24. The van der Waals surface area contributed by atoms with Crippen molar-refractivity contribution in [1.82, 2.24) is 10.3 Å². The van der Waals surface area contributed by atoms with Crippen molar-refractivity contribution >= 4 is 11.8 Å². The number of benzene rings is 1. The van der Waals surface area contributed by atoms with Crippen LogP contribution in [0.25, 0.3) is 0 Å². The molecular weight excluding hydrogens is 240 g/mol. The first-order valence-electron chi connectivity index (χ1n) is 6.15. The Hall–Kier alpha value is -1.32. The molecule has 0 spiro atoms. The highest BCUT2D eigenvalue weighted by molar-refractivity contribution is 7.99. The molecule has 0 saturated heterocycles. The lowest BCUT2D eigenvalue weighted by atomic mass is 10.2. The Balaban J connectivity index is 1.84. The molecule has 0 amide bonds. The van der Waals surface area contributed by atoms with E-state index in [1.54, 1.807) is 0 Å². The van der Waals surface area contributed by atoms with Crippen LogP contribution in [0.4, 0.5) is 0 Å². The molecule has 0 radical (unpaired) electrons.